The van der Waals surface area contributed by atoms with E-state index in [4.69, 9.17) is 4.99 Å². The van der Waals surface area contributed by atoms with Gasteiger partial charge in [0.05, 0.1) is 13.1 Å². The van der Waals surface area contributed by atoms with E-state index in [9.17, 15) is 0 Å². The van der Waals surface area contributed by atoms with E-state index in [2.05, 4.69) is 53.7 Å². The molecule has 0 amide bonds. The summed E-state index contributed by atoms with van der Waals surface area (Å²) in [4.78, 5) is 4.77. The van der Waals surface area contributed by atoms with E-state index in [-0.39, 0.29) is 24.0 Å². The molecular formula is C21H35IN6. The normalized spacial score (nSPS) is 12.6. The number of aliphatic imine (C=N–C) groups is 1. The molecule has 1 atom stereocenters. The van der Waals surface area contributed by atoms with Crippen LogP contribution in [0.3, 0.4) is 0 Å². The van der Waals surface area contributed by atoms with Crippen LogP contribution in [0.15, 0.2) is 35.3 Å². The lowest BCUT2D eigenvalue weighted by Crippen LogP contribution is -2.42. The molecule has 1 unspecified atom stereocenters. The van der Waals surface area contributed by atoms with E-state index in [1.165, 1.54) is 18.4 Å². The fourth-order valence-corrected chi connectivity index (χ4v) is 2.81. The maximum absolute atomic E-state index is 4.77. The number of benzene rings is 1. The van der Waals surface area contributed by atoms with Crippen molar-refractivity contribution >= 4 is 29.9 Å². The lowest BCUT2D eigenvalue weighted by atomic mass is 10.0. The highest BCUT2D eigenvalue weighted by Gasteiger charge is 2.09. The number of nitrogens with zero attached hydrogens (tertiary/aromatic N) is 4. The van der Waals surface area contributed by atoms with Gasteiger partial charge in [0.25, 0.3) is 0 Å². The van der Waals surface area contributed by atoms with E-state index >= 15 is 0 Å². The van der Waals surface area contributed by atoms with Crippen molar-refractivity contribution < 1.29 is 0 Å². The minimum absolute atomic E-state index is 0. The van der Waals surface area contributed by atoms with Crippen LogP contribution in [0.4, 0.5) is 0 Å². The number of aromatic nitrogens is 3. The van der Waals surface area contributed by atoms with Gasteiger partial charge in [-0.1, -0.05) is 57.0 Å². The van der Waals surface area contributed by atoms with Crippen molar-refractivity contribution in [1.82, 2.24) is 25.4 Å². The second-order valence-corrected chi connectivity index (χ2v) is 7.60. The van der Waals surface area contributed by atoms with Gasteiger partial charge >= 0.3 is 0 Å². The maximum atomic E-state index is 4.77. The van der Waals surface area contributed by atoms with Gasteiger partial charge in [0, 0.05) is 13.1 Å². The van der Waals surface area contributed by atoms with Crippen LogP contribution in [0.2, 0.25) is 0 Å². The van der Waals surface area contributed by atoms with Gasteiger partial charge in [-0.05, 0) is 31.7 Å². The summed E-state index contributed by atoms with van der Waals surface area (Å²) in [5.74, 6) is 3.37. The Morgan fingerprint density at radius 1 is 1.11 bits per heavy atom. The van der Waals surface area contributed by atoms with Crippen molar-refractivity contribution in [3.63, 3.8) is 0 Å². The quantitative estimate of drug-likeness (QED) is 0.309. The van der Waals surface area contributed by atoms with Crippen molar-refractivity contribution in [3.05, 3.63) is 47.5 Å². The Bertz CT molecular complexity index is 711. The van der Waals surface area contributed by atoms with Crippen molar-refractivity contribution in [2.45, 2.75) is 66.1 Å². The van der Waals surface area contributed by atoms with E-state index in [0.29, 0.717) is 19.1 Å². The average Bonchev–Trinajstić information content (AvgIpc) is 2.96. The monoisotopic (exact) mass is 498 g/mol. The summed E-state index contributed by atoms with van der Waals surface area (Å²) in [6, 6.07) is 10.7. The maximum Gasteiger partial charge on any atom is 0.192 e. The number of guanidine groups is 1. The molecule has 156 valence electrons. The smallest absolute Gasteiger partial charge is 0.192 e. The zero-order valence-electron chi connectivity index (χ0n) is 17.8. The van der Waals surface area contributed by atoms with Crippen molar-refractivity contribution in [3.8, 4) is 0 Å². The summed E-state index contributed by atoms with van der Waals surface area (Å²) < 4.78 is 1.99. The number of nitrogens with one attached hydrogen (secondary N) is 2. The molecule has 1 aromatic carbocycles. The number of rotatable bonds is 9. The first-order chi connectivity index (χ1) is 13.0. The minimum atomic E-state index is 0. The fourth-order valence-electron chi connectivity index (χ4n) is 2.81. The number of halogens is 1. The molecule has 2 N–H and O–H groups in total. The molecule has 0 saturated carbocycles. The van der Waals surface area contributed by atoms with Crippen LogP contribution >= 0.6 is 24.0 Å². The molecule has 1 heterocycles. The summed E-state index contributed by atoms with van der Waals surface area (Å²) in [6.07, 6.45) is 3.61. The first-order valence-corrected chi connectivity index (χ1v) is 9.89. The van der Waals surface area contributed by atoms with Crippen LogP contribution in [0.1, 0.15) is 57.2 Å². The van der Waals surface area contributed by atoms with Crippen LogP contribution in [-0.2, 0) is 20.1 Å². The predicted molar refractivity (Wildman–Crippen MR) is 127 cm³/mol. The molecule has 6 nitrogen and oxygen atoms in total. The molecule has 2 aromatic rings. The third-order valence-corrected chi connectivity index (χ3v) is 4.66. The number of hydrogen-bond acceptors (Lipinski definition) is 3. The molecular weight excluding hydrogens is 463 g/mol. The Morgan fingerprint density at radius 2 is 1.82 bits per heavy atom. The molecule has 28 heavy (non-hydrogen) atoms. The number of hydrogen-bond donors (Lipinski definition) is 2. The van der Waals surface area contributed by atoms with Gasteiger partial charge in [-0.25, -0.2) is 4.99 Å². The highest BCUT2D eigenvalue weighted by molar-refractivity contribution is 14.0. The molecule has 0 aliphatic carbocycles. The van der Waals surface area contributed by atoms with Crippen LogP contribution in [-0.4, -0.2) is 26.8 Å². The summed E-state index contributed by atoms with van der Waals surface area (Å²) in [6.45, 7) is 9.95. The Morgan fingerprint density at radius 3 is 2.43 bits per heavy atom. The van der Waals surface area contributed by atoms with Crippen LogP contribution in [0, 0.1) is 12.8 Å². The molecule has 0 radical (unpaired) electrons. The third kappa shape index (κ3) is 8.58. The van der Waals surface area contributed by atoms with Gasteiger partial charge in [0.15, 0.2) is 11.8 Å². The summed E-state index contributed by atoms with van der Waals surface area (Å²) >= 11 is 0. The Kier molecular flexibility index (Phi) is 11.1. The topological polar surface area (TPSA) is 67.1 Å². The largest absolute Gasteiger partial charge is 0.354 e. The molecule has 0 saturated heterocycles. The van der Waals surface area contributed by atoms with Gasteiger partial charge in [0.1, 0.15) is 5.82 Å². The zero-order chi connectivity index (χ0) is 19.6. The van der Waals surface area contributed by atoms with Gasteiger partial charge in [0.2, 0.25) is 0 Å². The molecule has 0 spiro atoms. The summed E-state index contributed by atoms with van der Waals surface area (Å²) in [5.41, 5.74) is 1.19. The van der Waals surface area contributed by atoms with E-state index < -0.39 is 0 Å². The number of aryl methyl sites for hydroxylation is 1. The first-order valence-electron chi connectivity index (χ1n) is 9.89. The van der Waals surface area contributed by atoms with Gasteiger partial charge in [-0.2, -0.15) is 0 Å². The van der Waals surface area contributed by atoms with Crippen LogP contribution in [0.25, 0.3) is 0 Å². The van der Waals surface area contributed by atoms with Crippen LogP contribution in [0.5, 0.6) is 0 Å². The van der Waals surface area contributed by atoms with Gasteiger partial charge in [-0.15, -0.1) is 34.2 Å². The molecule has 0 fully saturated rings. The average molecular weight is 498 g/mol. The third-order valence-electron chi connectivity index (χ3n) is 4.66. The second-order valence-electron chi connectivity index (χ2n) is 7.60. The lowest BCUT2D eigenvalue weighted by Gasteiger charge is -2.19. The predicted octanol–water partition coefficient (Wildman–Crippen LogP) is 4.19. The van der Waals surface area contributed by atoms with E-state index in [1.54, 1.807) is 0 Å². The summed E-state index contributed by atoms with van der Waals surface area (Å²) in [5, 5.41) is 15.3. The van der Waals surface area contributed by atoms with Gasteiger partial charge in [-0.3, -0.25) is 0 Å². The molecule has 0 aliphatic rings. The zero-order valence-corrected chi connectivity index (χ0v) is 20.1. The molecule has 2 rings (SSSR count). The molecule has 1 aromatic heterocycles. The highest BCUT2D eigenvalue weighted by atomic mass is 127. The van der Waals surface area contributed by atoms with E-state index in [0.717, 1.165) is 29.9 Å². The molecule has 0 bridgehead atoms. The molecule has 0 aliphatic heterocycles. The van der Waals surface area contributed by atoms with E-state index in [1.807, 2.05) is 36.7 Å². The van der Waals surface area contributed by atoms with Crippen molar-refractivity contribution in [1.29, 1.82) is 0 Å². The lowest BCUT2D eigenvalue weighted by molar-refractivity contribution is 0.490. The van der Waals surface area contributed by atoms with Gasteiger partial charge < -0.3 is 15.2 Å². The Hall–Kier alpha value is -1.64. The summed E-state index contributed by atoms with van der Waals surface area (Å²) in [7, 11) is 1.98. The van der Waals surface area contributed by atoms with Crippen molar-refractivity contribution in [2.75, 3.05) is 0 Å². The first kappa shape index (κ1) is 24.4. The van der Waals surface area contributed by atoms with Crippen molar-refractivity contribution in [2.24, 2.45) is 18.0 Å². The Balaban J connectivity index is 0.00000392. The standard InChI is InChI=1S/C21H34N6.HI/c1-16(2)10-9-11-17(3)24-21(22-14-19-12-7-6-8-13-19)23-15-20-26-25-18(4)27(20)5;/h6-8,12-13,16-17H,9-11,14-15H2,1-5H3,(H2,22,23,24);1H. The Labute approximate surface area is 186 Å². The highest BCUT2D eigenvalue weighted by Crippen LogP contribution is 2.08. The second kappa shape index (κ2) is 12.7. The SMILES string of the molecule is Cc1nnc(CNC(=NCc2ccccc2)NC(C)CCCC(C)C)n1C.I. The minimum Gasteiger partial charge on any atom is -0.354 e. The van der Waals surface area contributed by atoms with Crippen LogP contribution < -0.4 is 10.6 Å². The molecule has 7 heteroatoms. The fraction of sp³-hybridized carbons (Fsp3) is 0.571.